The lowest BCUT2D eigenvalue weighted by molar-refractivity contribution is -0.164. The highest BCUT2D eigenvalue weighted by molar-refractivity contribution is 5.78. The molecule has 0 fully saturated rings. The van der Waals surface area contributed by atoms with E-state index in [4.69, 9.17) is 4.74 Å². The van der Waals surface area contributed by atoms with Gasteiger partial charge in [-0.2, -0.15) is 0 Å². The van der Waals surface area contributed by atoms with Crippen molar-refractivity contribution in [2.45, 2.75) is 38.9 Å². The lowest BCUT2D eigenvalue weighted by Crippen LogP contribution is -2.31. The molecule has 0 aromatic heterocycles. The first-order chi connectivity index (χ1) is 8.29. The van der Waals surface area contributed by atoms with Gasteiger partial charge in [0, 0.05) is 6.42 Å². The molecule has 1 atom stereocenters. The van der Waals surface area contributed by atoms with Crippen LogP contribution in [0.2, 0.25) is 0 Å². The van der Waals surface area contributed by atoms with E-state index in [-0.39, 0.29) is 6.42 Å². The third-order valence-electron chi connectivity index (χ3n) is 2.30. The summed E-state index contributed by atoms with van der Waals surface area (Å²) < 4.78 is 5.11. The van der Waals surface area contributed by atoms with Gasteiger partial charge in [0.25, 0.3) is 0 Å². The number of benzene rings is 1. The monoisotopic (exact) mass is 248 g/mol. The standard InChI is InChI=1S/C15H20O3/c1-11(12-8-6-5-7-9-12)10-13(16)14(17)18-15(2,3)4/h5-9,13,16H,1,10H2,2-4H3. The number of rotatable bonds is 4. The van der Waals surface area contributed by atoms with E-state index < -0.39 is 17.7 Å². The van der Waals surface area contributed by atoms with Crippen molar-refractivity contribution in [2.24, 2.45) is 0 Å². The fourth-order valence-electron chi connectivity index (χ4n) is 1.48. The maximum atomic E-state index is 11.6. The zero-order valence-electron chi connectivity index (χ0n) is 11.1. The zero-order chi connectivity index (χ0) is 13.8. The van der Waals surface area contributed by atoms with Gasteiger partial charge in [0.15, 0.2) is 6.10 Å². The van der Waals surface area contributed by atoms with E-state index in [1.807, 2.05) is 30.3 Å². The van der Waals surface area contributed by atoms with Crippen molar-refractivity contribution >= 4 is 11.5 Å². The summed E-state index contributed by atoms with van der Waals surface area (Å²) in [5.41, 5.74) is 1.04. The van der Waals surface area contributed by atoms with Crippen molar-refractivity contribution in [1.29, 1.82) is 0 Å². The highest BCUT2D eigenvalue weighted by Gasteiger charge is 2.23. The van der Waals surface area contributed by atoms with Crippen molar-refractivity contribution in [3.8, 4) is 0 Å². The SMILES string of the molecule is C=C(CC(O)C(=O)OC(C)(C)C)c1ccccc1. The summed E-state index contributed by atoms with van der Waals surface area (Å²) in [4.78, 5) is 11.6. The van der Waals surface area contributed by atoms with Crippen LogP contribution < -0.4 is 0 Å². The topological polar surface area (TPSA) is 46.5 Å². The average Bonchev–Trinajstić information content (AvgIpc) is 2.27. The summed E-state index contributed by atoms with van der Waals surface area (Å²) in [6.45, 7) is 9.18. The highest BCUT2D eigenvalue weighted by Crippen LogP contribution is 2.19. The molecule has 0 bridgehead atoms. The molecular formula is C15H20O3. The summed E-state index contributed by atoms with van der Waals surface area (Å²) in [7, 11) is 0. The maximum absolute atomic E-state index is 11.6. The molecule has 1 aromatic carbocycles. The predicted molar refractivity (Wildman–Crippen MR) is 71.9 cm³/mol. The van der Waals surface area contributed by atoms with Crippen molar-refractivity contribution in [3.63, 3.8) is 0 Å². The van der Waals surface area contributed by atoms with Gasteiger partial charge in [-0.05, 0) is 31.9 Å². The van der Waals surface area contributed by atoms with Gasteiger partial charge in [0.05, 0.1) is 0 Å². The minimum Gasteiger partial charge on any atom is -0.458 e. The molecule has 0 saturated carbocycles. The van der Waals surface area contributed by atoms with Crippen LogP contribution >= 0.6 is 0 Å². The molecule has 0 amide bonds. The molecule has 1 N–H and O–H groups in total. The lowest BCUT2D eigenvalue weighted by atomic mass is 10.0. The van der Waals surface area contributed by atoms with Gasteiger partial charge in [-0.25, -0.2) is 4.79 Å². The van der Waals surface area contributed by atoms with E-state index >= 15 is 0 Å². The van der Waals surface area contributed by atoms with Gasteiger partial charge in [-0.3, -0.25) is 0 Å². The predicted octanol–water partition coefficient (Wildman–Crippen LogP) is 2.79. The Bertz CT molecular complexity index is 415. The lowest BCUT2D eigenvalue weighted by Gasteiger charge is -2.22. The third kappa shape index (κ3) is 4.72. The minimum absolute atomic E-state index is 0.179. The van der Waals surface area contributed by atoms with Gasteiger partial charge in [-0.15, -0.1) is 0 Å². The van der Waals surface area contributed by atoms with Crippen molar-refractivity contribution in [2.75, 3.05) is 0 Å². The molecule has 0 spiro atoms. The number of aliphatic hydroxyl groups excluding tert-OH is 1. The van der Waals surface area contributed by atoms with Crippen LogP contribution in [0.5, 0.6) is 0 Å². The molecule has 1 rings (SSSR count). The Morgan fingerprint density at radius 3 is 2.39 bits per heavy atom. The summed E-state index contributed by atoms with van der Waals surface area (Å²) in [6.07, 6.45) is -0.990. The van der Waals surface area contributed by atoms with Crippen molar-refractivity contribution < 1.29 is 14.6 Å². The van der Waals surface area contributed by atoms with Crippen LogP contribution in [-0.4, -0.2) is 22.8 Å². The summed E-state index contributed by atoms with van der Waals surface area (Å²) >= 11 is 0. The van der Waals surface area contributed by atoms with Gasteiger partial charge in [-0.1, -0.05) is 36.9 Å². The Hall–Kier alpha value is -1.61. The number of ether oxygens (including phenoxy) is 1. The number of aliphatic hydroxyl groups is 1. The molecule has 1 aromatic rings. The van der Waals surface area contributed by atoms with Crippen LogP contribution in [0.1, 0.15) is 32.8 Å². The molecule has 0 radical (unpaired) electrons. The Labute approximate surface area is 108 Å². The highest BCUT2D eigenvalue weighted by atomic mass is 16.6. The number of hydrogen-bond acceptors (Lipinski definition) is 3. The normalized spacial score (nSPS) is 12.9. The van der Waals surface area contributed by atoms with Gasteiger partial charge < -0.3 is 9.84 Å². The summed E-state index contributed by atoms with van der Waals surface area (Å²) in [5.74, 6) is -0.611. The quantitative estimate of drug-likeness (QED) is 0.833. The Morgan fingerprint density at radius 2 is 1.89 bits per heavy atom. The second kappa shape index (κ2) is 5.83. The van der Waals surface area contributed by atoms with Crippen LogP contribution in [0.25, 0.3) is 5.57 Å². The van der Waals surface area contributed by atoms with E-state index in [2.05, 4.69) is 6.58 Å². The van der Waals surface area contributed by atoms with Crippen molar-refractivity contribution in [1.82, 2.24) is 0 Å². The Morgan fingerprint density at radius 1 is 1.33 bits per heavy atom. The first-order valence-corrected chi connectivity index (χ1v) is 5.94. The van der Waals surface area contributed by atoms with Gasteiger partial charge in [0.1, 0.15) is 5.60 Å². The summed E-state index contributed by atoms with van der Waals surface area (Å²) in [6, 6.07) is 9.47. The minimum atomic E-state index is -1.17. The molecule has 0 aliphatic heterocycles. The molecule has 0 heterocycles. The average molecular weight is 248 g/mol. The van der Waals surface area contributed by atoms with E-state index in [0.29, 0.717) is 5.57 Å². The molecular weight excluding hydrogens is 228 g/mol. The first-order valence-electron chi connectivity index (χ1n) is 5.94. The van der Waals surface area contributed by atoms with E-state index in [0.717, 1.165) is 5.56 Å². The summed E-state index contributed by atoms with van der Waals surface area (Å²) in [5, 5.41) is 9.78. The zero-order valence-corrected chi connectivity index (χ0v) is 11.1. The molecule has 0 aliphatic rings. The first kappa shape index (κ1) is 14.5. The molecule has 18 heavy (non-hydrogen) atoms. The van der Waals surface area contributed by atoms with Crippen molar-refractivity contribution in [3.05, 3.63) is 42.5 Å². The Balaban J connectivity index is 2.58. The third-order valence-corrected chi connectivity index (χ3v) is 2.30. The van der Waals surface area contributed by atoms with Crippen LogP contribution in [0, 0.1) is 0 Å². The molecule has 3 heteroatoms. The fraction of sp³-hybridized carbons (Fsp3) is 0.400. The van der Waals surface area contributed by atoms with Gasteiger partial charge in [0.2, 0.25) is 0 Å². The fourth-order valence-corrected chi connectivity index (χ4v) is 1.48. The molecule has 98 valence electrons. The van der Waals surface area contributed by atoms with Crippen LogP contribution in [0.15, 0.2) is 36.9 Å². The van der Waals surface area contributed by atoms with Crippen LogP contribution in [0.4, 0.5) is 0 Å². The smallest absolute Gasteiger partial charge is 0.335 e. The number of esters is 1. The number of carbonyl (C=O) groups excluding carboxylic acids is 1. The number of carbonyl (C=O) groups is 1. The van der Waals surface area contributed by atoms with E-state index in [1.54, 1.807) is 20.8 Å². The van der Waals surface area contributed by atoms with Crippen LogP contribution in [-0.2, 0) is 9.53 Å². The van der Waals surface area contributed by atoms with Crippen LogP contribution in [0.3, 0.4) is 0 Å². The van der Waals surface area contributed by atoms with Gasteiger partial charge >= 0.3 is 5.97 Å². The second-order valence-electron chi connectivity index (χ2n) is 5.22. The molecule has 3 nitrogen and oxygen atoms in total. The Kier molecular flexibility index (Phi) is 4.68. The maximum Gasteiger partial charge on any atom is 0.335 e. The number of hydrogen-bond donors (Lipinski definition) is 1. The second-order valence-corrected chi connectivity index (χ2v) is 5.22. The largest absolute Gasteiger partial charge is 0.458 e. The van der Waals surface area contributed by atoms with E-state index in [1.165, 1.54) is 0 Å². The van der Waals surface area contributed by atoms with E-state index in [9.17, 15) is 9.90 Å². The molecule has 0 saturated heterocycles. The molecule has 0 aliphatic carbocycles. The molecule has 1 unspecified atom stereocenters.